The van der Waals surface area contributed by atoms with Crippen LogP contribution in [0.3, 0.4) is 0 Å². The summed E-state index contributed by atoms with van der Waals surface area (Å²) in [5.41, 5.74) is 6.33. The lowest BCUT2D eigenvalue weighted by Crippen LogP contribution is -2.15. The largest absolute Gasteiger partial charge is 0.0776 e. The molecule has 0 aromatic heterocycles. The van der Waals surface area contributed by atoms with E-state index in [1.165, 1.54) is 93.7 Å². The lowest BCUT2D eigenvalue weighted by atomic mass is 9.78. The van der Waals surface area contributed by atoms with E-state index in [1.807, 2.05) is 0 Å². The van der Waals surface area contributed by atoms with Crippen molar-refractivity contribution >= 4 is 0 Å². The molecule has 0 aliphatic rings. The van der Waals surface area contributed by atoms with Crippen LogP contribution in [-0.2, 0) is 19.3 Å². The highest BCUT2D eigenvalue weighted by Gasteiger charge is 2.20. The zero-order chi connectivity index (χ0) is 38.1. The van der Waals surface area contributed by atoms with Gasteiger partial charge in [0, 0.05) is 0 Å². The molecule has 1 rings (SSSR count). The van der Waals surface area contributed by atoms with Crippen LogP contribution in [0.15, 0.2) is 18.2 Å². The van der Waals surface area contributed by atoms with Gasteiger partial charge in [-0.2, -0.15) is 0 Å². The summed E-state index contributed by atoms with van der Waals surface area (Å²) in [4.78, 5) is 0. The predicted molar refractivity (Wildman–Crippen MR) is 260 cm³/mol. The maximum Gasteiger partial charge on any atom is -0.0305 e. The predicted octanol–water partition coefficient (Wildman–Crippen LogP) is 20.7. The van der Waals surface area contributed by atoms with Crippen LogP contribution in [0.4, 0.5) is 0 Å². The summed E-state index contributed by atoms with van der Waals surface area (Å²) in [5, 5.41) is 0. The molecule has 0 aliphatic heterocycles. The Labute approximate surface area is 340 Å². The second-order valence-electron chi connectivity index (χ2n) is 15.7. The fourth-order valence-corrected chi connectivity index (χ4v) is 4.40. The van der Waals surface area contributed by atoms with E-state index in [0.29, 0.717) is 16.2 Å². The Kier molecular flexibility index (Phi) is 70.5. The Morgan fingerprint density at radius 1 is 0.404 bits per heavy atom. The normalized spacial score (nSPS) is 9.98. The molecule has 0 aliphatic carbocycles. The van der Waals surface area contributed by atoms with E-state index in [9.17, 15) is 0 Å². The van der Waals surface area contributed by atoms with Gasteiger partial charge < -0.3 is 0 Å². The second kappa shape index (κ2) is 48.2. The first-order valence-electron chi connectivity index (χ1n) is 21.0. The monoisotopic (exact) mass is 743 g/mol. The Hall–Kier alpha value is -0.780. The molecular weight excluding hydrogens is 625 g/mol. The van der Waals surface area contributed by atoms with Crippen molar-refractivity contribution in [3.63, 3.8) is 0 Å². The Morgan fingerprint density at radius 2 is 0.692 bits per heavy atom. The van der Waals surface area contributed by atoms with Gasteiger partial charge in [0.05, 0.1) is 0 Å². The summed E-state index contributed by atoms with van der Waals surface area (Å²) >= 11 is 0. The van der Waals surface area contributed by atoms with Gasteiger partial charge in [0.15, 0.2) is 0 Å². The molecule has 0 unspecified atom stereocenters. The molecule has 0 heteroatoms. The molecule has 1 aromatic carbocycles. The standard InChI is InChI=1S/C12H18.C9H20.C8H18.3C6H14.5CH4/c1-4-10-7-8-11(5-2)12(6-3)9-10;1-5-9(6-2,7-3)8-4;1-5-8(4,6-2)7-3;1-5-6(2,3)4;2*1-4-6(3)5-2;;;;;/h7-9H,4-6H2,1-3H3;5-8H2,1-4H3;5-7H2,1-4H3;5H2,1-4H3;2*6H,4-5H2,1-3H3;5*1H4. The van der Waals surface area contributed by atoms with Crippen molar-refractivity contribution in [2.75, 3.05) is 0 Å². The maximum atomic E-state index is 2.35. The van der Waals surface area contributed by atoms with Gasteiger partial charge in [-0.3, -0.25) is 0 Å². The molecule has 0 radical (unpaired) electrons. The van der Waals surface area contributed by atoms with Crippen LogP contribution in [0.2, 0.25) is 0 Å². The van der Waals surface area contributed by atoms with E-state index < -0.39 is 0 Å². The molecule has 52 heavy (non-hydrogen) atoms. The number of hydrogen-bond donors (Lipinski definition) is 0. The van der Waals surface area contributed by atoms with E-state index >= 15 is 0 Å². The van der Waals surface area contributed by atoms with E-state index in [4.69, 9.17) is 0 Å². The highest BCUT2D eigenvalue weighted by Crippen LogP contribution is 2.33. The molecular formula is C52H118. The SMILES string of the molecule is C.C.C.C.C.CCC(C)(C)C.CCC(C)(CC)CC.CCC(C)CC.CCC(C)CC.CCC(CC)(CC)CC.CCc1ccc(CC)c(CC)c1. The topological polar surface area (TPSA) is 0 Å². The molecule has 0 heterocycles. The minimum absolute atomic E-state index is 0. The minimum Gasteiger partial charge on any atom is -0.0776 e. The van der Waals surface area contributed by atoms with Crippen LogP contribution in [0.5, 0.6) is 0 Å². The summed E-state index contributed by atoms with van der Waals surface area (Å²) in [6.45, 7) is 47.5. The van der Waals surface area contributed by atoms with Gasteiger partial charge in [0.25, 0.3) is 0 Å². The first-order chi connectivity index (χ1) is 21.9. The number of rotatable bonds is 14. The first kappa shape index (κ1) is 76.0. The third-order valence-corrected chi connectivity index (χ3v) is 11.8. The highest BCUT2D eigenvalue weighted by molar-refractivity contribution is 5.32. The van der Waals surface area contributed by atoms with Crippen LogP contribution >= 0.6 is 0 Å². The third kappa shape index (κ3) is 45.4. The van der Waals surface area contributed by atoms with E-state index in [2.05, 4.69) is 164 Å². The fourth-order valence-electron chi connectivity index (χ4n) is 4.40. The van der Waals surface area contributed by atoms with Crippen molar-refractivity contribution in [3.8, 4) is 0 Å². The summed E-state index contributed by atoms with van der Waals surface area (Å²) in [6, 6.07) is 6.87. The summed E-state index contributed by atoms with van der Waals surface area (Å²) in [5.74, 6) is 1.87. The van der Waals surface area contributed by atoms with Crippen molar-refractivity contribution in [2.24, 2.45) is 28.1 Å². The van der Waals surface area contributed by atoms with Gasteiger partial charge in [0.1, 0.15) is 0 Å². The Bertz CT molecular complexity index is 681. The zero-order valence-electron chi connectivity index (χ0n) is 37.5. The number of benzene rings is 1. The molecule has 0 atom stereocenters. The molecule has 0 spiro atoms. The van der Waals surface area contributed by atoms with Crippen LogP contribution in [-0.4, -0.2) is 0 Å². The average molecular weight is 744 g/mol. The second-order valence-corrected chi connectivity index (χ2v) is 15.7. The molecule has 0 nitrogen and oxygen atoms in total. The van der Waals surface area contributed by atoms with Crippen molar-refractivity contribution < 1.29 is 0 Å². The molecule has 0 saturated carbocycles. The maximum absolute atomic E-state index is 2.35. The van der Waals surface area contributed by atoms with Gasteiger partial charge in [-0.25, -0.2) is 0 Å². The molecule has 1 aromatic rings. The van der Waals surface area contributed by atoms with Gasteiger partial charge in [0.2, 0.25) is 0 Å². The molecule has 0 bridgehead atoms. The quantitative estimate of drug-likeness (QED) is 0.178. The van der Waals surface area contributed by atoms with Gasteiger partial charge in [-0.05, 0) is 64.0 Å². The summed E-state index contributed by atoms with van der Waals surface area (Å²) < 4.78 is 0. The van der Waals surface area contributed by atoms with Crippen molar-refractivity contribution in [1.82, 2.24) is 0 Å². The van der Waals surface area contributed by atoms with Crippen LogP contribution in [0.25, 0.3) is 0 Å². The smallest absolute Gasteiger partial charge is 0.0305 e. The fraction of sp³-hybridized carbons (Fsp3) is 0.885. The van der Waals surface area contributed by atoms with Crippen molar-refractivity contribution in [3.05, 3.63) is 34.9 Å². The van der Waals surface area contributed by atoms with E-state index in [1.54, 1.807) is 0 Å². The number of aryl methyl sites for hydroxylation is 3. The first-order valence-corrected chi connectivity index (χ1v) is 21.0. The number of hydrogen-bond acceptors (Lipinski definition) is 0. The van der Waals surface area contributed by atoms with Gasteiger partial charge >= 0.3 is 0 Å². The van der Waals surface area contributed by atoms with Crippen LogP contribution in [0.1, 0.15) is 276 Å². The summed E-state index contributed by atoms with van der Waals surface area (Å²) in [7, 11) is 0. The van der Waals surface area contributed by atoms with Crippen molar-refractivity contribution in [2.45, 2.75) is 279 Å². The lowest BCUT2D eigenvalue weighted by Gasteiger charge is -2.28. The highest BCUT2D eigenvalue weighted by atomic mass is 14.3. The third-order valence-electron chi connectivity index (χ3n) is 11.8. The van der Waals surface area contributed by atoms with E-state index in [-0.39, 0.29) is 37.1 Å². The molecule has 0 N–H and O–H groups in total. The molecule has 0 amide bonds. The van der Waals surface area contributed by atoms with E-state index in [0.717, 1.165) is 31.1 Å². The average Bonchev–Trinajstić information content (AvgIpc) is 3.12. The van der Waals surface area contributed by atoms with Gasteiger partial charge in [-0.15, -0.1) is 0 Å². The molecule has 0 fully saturated rings. The van der Waals surface area contributed by atoms with Crippen molar-refractivity contribution in [1.29, 1.82) is 0 Å². The van der Waals surface area contributed by atoms with Crippen LogP contribution < -0.4 is 0 Å². The molecule has 326 valence electrons. The Morgan fingerprint density at radius 3 is 0.808 bits per heavy atom. The summed E-state index contributed by atoms with van der Waals surface area (Å²) in [6.07, 6.45) is 19.4. The lowest BCUT2D eigenvalue weighted by molar-refractivity contribution is 0.240. The van der Waals surface area contributed by atoms with Gasteiger partial charge in [-0.1, -0.05) is 278 Å². The Balaban J connectivity index is -0.0000000510. The minimum atomic E-state index is 0. The zero-order valence-corrected chi connectivity index (χ0v) is 37.5. The van der Waals surface area contributed by atoms with Crippen LogP contribution in [0, 0.1) is 28.1 Å². The molecule has 0 saturated heterocycles.